The molecule has 1 aromatic carbocycles. The van der Waals surface area contributed by atoms with Gasteiger partial charge in [0.2, 0.25) is 0 Å². The van der Waals surface area contributed by atoms with Crippen LogP contribution in [0.5, 0.6) is 5.75 Å². The number of nitrogens with zero attached hydrogens (tertiary/aromatic N) is 1. The number of hydrogen-bond acceptors (Lipinski definition) is 5. The Kier molecular flexibility index (Phi) is 3.18. The van der Waals surface area contributed by atoms with Crippen LogP contribution in [0.1, 0.15) is 28.5 Å². The van der Waals surface area contributed by atoms with Gasteiger partial charge in [0.25, 0.3) is 0 Å². The molecule has 20 heavy (non-hydrogen) atoms. The third-order valence-electron chi connectivity index (χ3n) is 3.46. The topological polar surface area (TPSA) is 61.6 Å². The summed E-state index contributed by atoms with van der Waals surface area (Å²) in [4.78, 5) is 11.8. The Hall–Kier alpha value is -2.30. The van der Waals surface area contributed by atoms with E-state index in [0.29, 0.717) is 24.5 Å². The van der Waals surface area contributed by atoms with Crippen LogP contribution in [0.4, 0.5) is 0 Å². The number of rotatable bonds is 3. The molecule has 0 N–H and O–H groups in total. The summed E-state index contributed by atoms with van der Waals surface area (Å²) in [5.74, 6) is 1.06. The molecular weight excluding hydrogens is 258 g/mol. The second-order valence-electron chi connectivity index (χ2n) is 4.58. The molecule has 5 heteroatoms. The van der Waals surface area contributed by atoms with Gasteiger partial charge in [0.1, 0.15) is 5.75 Å². The molecule has 5 nitrogen and oxygen atoms in total. The van der Waals surface area contributed by atoms with Gasteiger partial charge in [-0.2, -0.15) is 0 Å². The minimum absolute atomic E-state index is 0.295. The molecule has 0 unspecified atom stereocenters. The van der Waals surface area contributed by atoms with E-state index >= 15 is 0 Å². The maximum atomic E-state index is 11.8. The molecule has 0 amide bonds. The van der Waals surface area contributed by atoms with E-state index in [2.05, 4.69) is 5.16 Å². The molecule has 0 spiro atoms. The number of aryl methyl sites for hydroxylation is 1. The van der Waals surface area contributed by atoms with Gasteiger partial charge >= 0.3 is 5.97 Å². The van der Waals surface area contributed by atoms with Crippen molar-refractivity contribution in [2.75, 3.05) is 13.7 Å². The lowest BCUT2D eigenvalue weighted by atomic mass is 9.89. The van der Waals surface area contributed by atoms with Crippen LogP contribution in [-0.4, -0.2) is 24.8 Å². The molecule has 1 aliphatic carbocycles. The maximum absolute atomic E-state index is 11.8. The summed E-state index contributed by atoms with van der Waals surface area (Å²) in [5.41, 5.74) is 3.24. The van der Waals surface area contributed by atoms with E-state index < -0.39 is 5.97 Å². The fraction of sp³-hybridized carbons (Fsp3) is 0.333. The highest BCUT2D eigenvalue weighted by Crippen LogP contribution is 2.37. The number of hydrogen-bond donors (Lipinski definition) is 0. The van der Waals surface area contributed by atoms with E-state index in [0.717, 1.165) is 28.9 Å². The van der Waals surface area contributed by atoms with Gasteiger partial charge in [-0.3, -0.25) is 0 Å². The van der Waals surface area contributed by atoms with E-state index in [-0.39, 0.29) is 0 Å². The molecule has 0 saturated carbocycles. The molecule has 2 aromatic rings. The summed E-state index contributed by atoms with van der Waals surface area (Å²) in [6.45, 7) is 2.10. The van der Waals surface area contributed by atoms with Crippen molar-refractivity contribution < 1.29 is 18.8 Å². The fourth-order valence-electron chi connectivity index (χ4n) is 2.50. The van der Waals surface area contributed by atoms with Gasteiger partial charge in [0.15, 0.2) is 11.5 Å². The summed E-state index contributed by atoms with van der Waals surface area (Å²) in [6.07, 6.45) is 1.54. The first-order valence-corrected chi connectivity index (χ1v) is 6.57. The minimum Gasteiger partial charge on any atom is -0.497 e. The standard InChI is InChI=1S/C15H15NO4/c1-3-19-15(17)13-12-6-4-9-8-10(18-2)5-7-11(9)14(12)20-16-13/h5,7-8H,3-4,6H2,1-2H3. The number of ether oxygens (including phenoxy) is 2. The quantitative estimate of drug-likeness (QED) is 0.804. The van der Waals surface area contributed by atoms with Crippen molar-refractivity contribution in [1.29, 1.82) is 0 Å². The molecule has 0 bridgehead atoms. The van der Waals surface area contributed by atoms with Gasteiger partial charge in [-0.05, 0) is 43.5 Å². The largest absolute Gasteiger partial charge is 0.497 e. The first-order valence-electron chi connectivity index (χ1n) is 6.57. The first kappa shape index (κ1) is 12.7. The third-order valence-corrected chi connectivity index (χ3v) is 3.46. The van der Waals surface area contributed by atoms with E-state index in [1.54, 1.807) is 14.0 Å². The normalized spacial score (nSPS) is 12.5. The average molecular weight is 273 g/mol. The summed E-state index contributed by atoms with van der Waals surface area (Å²) in [7, 11) is 1.64. The van der Waals surface area contributed by atoms with Gasteiger partial charge in [-0.1, -0.05) is 5.16 Å². The van der Waals surface area contributed by atoms with E-state index in [9.17, 15) is 4.79 Å². The number of benzene rings is 1. The molecule has 104 valence electrons. The summed E-state index contributed by atoms with van der Waals surface area (Å²) in [5, 5.41) is 3.88. The second kappa shape index (κ2) is 5.00. The molecule has 0 atom stereocenters. The predicted molar refractivity (Wildman–Crippen MR) is 71.9 cm³/mol. The molecule has 0 saturated heterocycles. The van der Waals surface area contributed by atoms with Crippen LogP contribution in [0.3, 0.4) is 0 Å². The Bertz CT molecular complexity index is 660. The Morgan fingerprint density at radius 2 is 2.25 bits per heavy atom. The Morgan fingerprint density at radius 1 is 1.40 bits per heavy atom. The van der Waals surface area contributed by atoms with Crippen molar-refractivity contribution in [2.45, 2.75) is 19.8 Å². The van der Waals surface area contributed by atoms with Crippen molar-refractivity contribution in [3.63, 3.8) is 0 Å². The fourth-order valence-corrected chi connectivity index (χ4v) is 2.50. The summed E-state index contributed by atoms with van der Waals surface area (Å²) < 4.78 is 15.6. The highest BCUT2D eigenvalue weighted by Gasteiger charge is 2.28. The monoisotopic (exact) mass is 273 g/mol. The predicted octanol–water partition coefficient (Wildman–Crippen LogP) is 2.63. The lowest BCUT2D eigenvalue weighted by Gasteiger charge is -2.15. The van der Waals surface area contributed by atoms with Crippen molar-refractivity contribution in [3.8, 4) is 17.1 Å². The summed E-state index contributed by atoms with van der Waals surface area (Å²) in [6, 6.07) is 5.80. The zero-order valence-electron chi connectivity index (χ0n) is 11.4. The lowest BCUT2D eigenvalue weighted by Crippen LogP contribution is -2.10. The number of esters is 1. The zero-order chi connectivity index (χ0) is 14.1. The van der Waals surface area contributed by atoms with Crippen LogP contribution in [0, 0.1) is 0 Å². The summed E-state index contributed by atoms with van der Waals surface area (Å²) >= 11 is 0. The van der Waals surface area contributed by atoms with E-state index in [4.69, 9.17) is 14.0 Å². The van der Waals surface area contributed by atoms with Crippen LogP contribution >= 0.6 is 0 Å². The third kappa shape index (κ3) is 1.95. The van der Waals surface area contributed by atoms with Gasteiger partial charge < -0.3 is 14.0 Å². The number of fused-ring (bicyclic) bond motifs is 3. The molecule has 0 aliphatic heterocycles. The Balaban J connectivity index is 2.03. The molecule has 3 rings (SSSR count). The Morgan fingerprint density at radius 3 is 3.00 bits per heavy atom. The molecule has 1 aliphatic rings. The smallest absolute Gasteiger partial charge is 0.360 e. The van der Waals surface area contributed by atoms with Crippen LogP contribution in [0.15, 0.2) is 22.7 Å². The highest BCUT2D eigenvalue weighted by molar-refractivity contribution is 5.91. The number of carbonyl (C=O) groups is 1. The highest BCUT2D eigenvalue weighted by atomic mass is 16.5. The van der Waals surface area contributed by atoms with Crippen LogP contribution in [0.2, 0.25) is 0 Å². The lowest BCUT2D eigenvalue weighted by molar-refractivity contribution is 0.0513. The van der Waals surface area contributed by atoms with E-state index in [1.807, 2.05) is 18.2 Å². The number of aromatic nitrogens is 1. The van der Waals surface area contributed by atoms with Crippen LogP contribution in [0.25, 0.3) is 11.3 Å². The van der Waals surface area contributed by atoms with Crippen LogP contribution in [-0.2, 0) is 17.6 Å². The molecule has 0 radical (unpaired) electrons. The van der Waals surface area contributed by atoms with Crippen LogP contribution < -0.4 is 4.74 Å². The van der Waals surface area contributed by atoms with E-state index in [1.165, 1.54) is 0 Å². The molecule has 1 heterocycles. The number of carbonyl (C=O) groups excluding carboxylic acids is 1. The first-order chi connectivity index (χ1) is 9.74. The van der Waals surface area contributed by atoms with Gasteiger partial charge in [0, 0.05) is 11.1 Å². The maximum Gasteiger partial charge on any atom is 0.360 e. The van der Waals surface area contributed by atoms with Gasteiger partial charge in [-0.15, -0.1) is 0 Å². The van der Waals surface area contributed by atoms with Gasteiger partial charge in [-0.25, -0.2) is 4.79 Å². The Labute approximate surface area is 116 Å². The van der Waals surface area contributed by atoms with Crippen molar-refractivity contribution in [3.05, 3.63) is 35.0 Å². The zero-order valence-corrected chi connectivity index (χ0v) is 11.4. The number of methoxy groups -OCH3 is 1. The molecule has 0 fully saturated rings. The second-order valence-corrected chi connectivity index (χ2v) is 4.58. The van der Waals surface area contributed by atoms with Crippen molar-refractivity contribution in [1.82, 2.24) is 5.16 Å². The van der Waals surface area contributed by atoms with Crippen molar-refractivity contribution in [2.24, 2.45) is 0 Å². The van der Waals surface area contributed by atoms with Gasteiger partial charge in [0.05, 0.1) is 13.7 Å². The van der Waals surface area contributed by atoms with Crippen molar-refractivity contribution >= 4 is 5.97 Å². The average Bonchev–Trinajstić information content (AvgIpc) is 2.91. The molecular formula is C15H15NO4. The minimum atomic E-state index is -0.422. The molecule has 1 aromatic heterocycles. The SMILES string of the molecule is CCOC(=O)c1noc2c1CCc1cc(OC)ccc1-2.